The number of nitrogens with zero attached hydrogens (tertiary/aromatic N) is 4. The van der Waals surface area contributed by atoms with Crippen LogP contribution in [0, 0.1) is 6.92 Å². The van der Waals surface area contributed by atoms with Crippen LogP contribution in [0.2, 0.25) is 0 Å². The summed E-state index contributed by atoms with van der Waals surface area (Å²) in [5, 5.41) is 9.73. The molecule has 0 saturated heterocycles. The number of rotatable bonds is 6. The van der Waals surface area contributed by atoms with E-state index in [4.69, 9.17) is 0 Å². The van der Waals surface area contributed by atoms with Crippen LogP contribution in [0.1, 0.15) is 31.9 Å². The van der Waals surface area contributed by atoms with E-state index in [1.54, 1.807) is 11.9 Å². The monoisotopic (exact) mass is 470 g/mol. The average Bonchev–Trinajstić information content (AvgIpc) is 3.26. The molecule has 0 spiro atoms. The van der Waals surface area contributed by atoms with Gasteiger partial charge in [-0.25, -0.2) is 0 Å². The van der Waals surface area contributed by atoms with E-state index in [1.807, 2.05) is 42.5 Å². The summed E-state index contributed by atoms with van der Waals surface area (Å²) in [5.41, 5.74) is 5.32. The van der Waals surface area contributed by atoms with Crippen LogP contribution < -0.4 is 4.90 Å². The van der Waals surface area contributed by atoms with Crippen LogP contribution in [-0.2, 0) is 10.2 Å². The SMILES string of the molecule is Cc1ccccc1-n1c(SCC(=O)N(C)c2ccccc2)nnc1-c1ccc(C(C)(C)C)cc1. The first-order valence-electron chi connectivity index (χ1n) is 11.3. The second-order valence-corrected chi connectivity index (χ2v) is 10.3. The lowest BCUT2D eigenvalue weighted by Gasteiger charge is -2.19. The maximum Gasteiger partial charge on any atom is 0.237 e. The summed E-state index contributed by atoms with van der Waals surface area (Å²) in [6.07, 6.45) is 0. The van der Waals surface area contributed by atoms with Gasteiger partial charge in [0.2, 0.25) is 5.91 Å². The summed E-state index contributed by atoms with van der Waals surface area (Å²) in [4.78, 5) is 14.6. The number of anilines is 1. The van der Waals surface area contributed by atoms with Gasteiger partial charge in [0.15, 0.2) is 11.0 Å². The van der Waals surface area contributed by atoms with E-state index >= 15 is 0 Å². The quantitative estimate of drug-likeness (QED) is 0.311. The molecule has 0 saturated carbocycles. The number of aryl methyl sites for hydroxylation is 1. The maximum absolute atomic E-state index is 12.9. The third-order valence-corrected chi connectivity index (χ3v) is 6.75. The smallest absolute Gasteiger partial charge is 0.237 e. The number of amides is 1. The van der Waals surface area contributed by atoms with Crippen molar-refractivity contribution in [2.75, 3.05) is 17.7 Å². The number of para-hydroxylation sites is 2. The maximum atomic E-state index is 12.9. The summed E-state index contributed by atoms with van der Waals surface area (Å²) >= 11 is 1.40. The molecule has 1 heterocycles. The van der Waals surface area contributed by atoms with Gasteiger partial charge in [-0.15, -0.1) is 10.2 Å². The van der Waals surface area contributed by atoms with Gasteiger partial charge in [-0.05, 0) is 41.7 Å². The molecule has 1 aromatic heterocycles. The van der Waals surface area contributed by atoms with Crippen molar-refractivity contribution < 1.29 is 4.79 Å². The van der Waals surface area contributed by atoms with E-state index in [0.717, 1.165) is 28.3 Å². The van der Waals surface area contributed by atoms with Gasteiger partial charge in [0.1, 0.15) is 0 Å². The lowest BCUT2D eigenvalue weighted by molar-refractivity contribution is -0.115. The Balaban J connectivity index is 1.66. The zero-order valence-corrected chi connectivity index (χ0v) is 21.1. The Labute approximate surface area is 205 Å². The zero-order valence-electron chi connectivity index (χ0n) is 20.3. The van der Waals surface area contributed by atoms with Crippen LogP contribution in [0.15, 0.2) is 84.0 Å². The molecular formula is C28H30N4OS. The average molecular weight is 471 g/mol. The highest BCUT2D eigenvalue weighted by Crippen LogP contribution is 2.31. The topological polar surface area (TPSA) is 51.0 Å². The highest BCUT2D eigenvalue weighted by Gasteiger charge is 2.20. The summed E-state index contributed by atoms with van der Waals surface area (Å²) in [7, 11) is 1.80. The van der Waals surface area contributed by atoms with Crippen LogP contribution in [0.3, 0.4) is 0 Å². The van der Waals surface area contributed by atoms with E-state index in [2.05, 4.69) is 78.9 Å². The fourth-order valence-electron chi connectivity index (χ4n) is 3.72. The lowest BCUT2D eigenvalue weighted by Crippen LogP contribution is -2.27. The number of carbonyl (C=O) groups is 1. The number of carbonyl (C=O) groups excluding carboxylic acids is 1. The van der Waals surface area contributed by atoms with Crippen LogP contribution in [-0.4, -0.2) is 33.5 Å². The Hall–Kier alpha value is -3.38. The molecule has 174 valence electrons. The summed E-state index contributed by atoms with van der Waals surface area (Å²) in [6.45, 7) is 8.69. The van der Waals surface area contributed by atoms with Gasteiger partial charge in [-0.1, -0.05) is 93.2 Å². The van der Waals surface area contributed by atoms with Gasteiger partial charge in [0, 0.05) is 18.3 Å². The van der Waals surface area contributed by atoms with Crippen molar-refractivity contribution in [3.05, 3.63) is 90.0 Å². The predicted molar refractivity (Wildman–Crippen MR) is 141 cm³/mol. The van der Waals surface area contributed by atoms with Crippen molar-refractivity contribution >= 4 is 23.4 Å². The molecule has 0 N–H and O–H groups in total. The Morgan fingerprint density at radius 1 is 0.912 bits per heavy atom. The molecular weight excluding hydrogens is 440 g/mol. The molecule has 34 heavy (non-hydrogen) atoms. The number of hydrogen-bond donors (Lipinski definition) is 0. The van der Waals surface area contributed by atoms with Crippen molar-refractivity contribution in [3.63, 3.8) is 0 Å². The van der Waals surface area contributed by atoms with Crippen LogP contribution in [0.5, 0.6) is 0 Å². The number of aromatic nitrogens is 3. The molecule has 4 rings (SSSR count). The number of benzene rings is 3. The van der Waals surface area contributed by atoms with Gasteiger partial charge in [-0.2, -0.15) is 0 Å². The van der Waals surface area contributed by atoms with E-state index in [1.165, 1.54) is 17.3 Å². The minimum absolute atomic E-state index is 0.00612. The van der Waals surface area contributed by atoms with E-state index in [9.17, 15) is 4.79 Å². The van der Waals surface area contributed by atoms with Crippen LogP contribution in [0.25, 0.3) is 17.1 Å². The molecule has 0 bridgehead atoms. The minimum Gasteiger partial charge on any atom is -0.315 e. The third kappa shape index (κ3) is 5.07. The van der Waals surface area contributed by atoms with E-state index in [-0.39, 0.29) is 17.1 Å². The van der Waals surface area contributed by atoms with Gasteiger partial charge in [0.25, 0.3) is 0 Å². The largest absolute Gasteiger partial charge is 0.315 e. The summed E-state index contributed by atoms with van der Waals surface area (Å²) < 4.78 is 2.06. The highest BCUT2D eigenvalue weighted by molar-refractivity contribution is 7.99. The number of thioether (sulfide) groups is 1. The molecule has 0 unspecified atom stereocenters. The van der Waals surface area contributed by atoms with Crippen molar-refractivity contribution in [3.8, 4) is 17.1 Å². The van der Waals surface area contributed by atoms with Crippen molar-refractivity contribution in [1.29, 1.82) is 0 Å². The van der Waals surface area contributed by atoms with E-state index in [0.29, 0.717) is 5.16 Å². The molecule has 6 heteroatoms. The summed E-state index contributed by atoms with van der Waals surface area (Å²) in [5.74, 6) is 1.03. The Bertz CT molecular complexity index is 1270. The molecule has 0 atom stereocenters. The van der Waals surface area contributed by atoms with Gasteiger partial charge in [0.05, 0.1) is 11.4 Å². The first-order chi connectivity index (χ1) is 16.3. The van der Waals surface area contributed by atoms with Gasteiger partial charge < -0.3 is 4.90 Å². The molecule has 0 radical (unpaired) electrons. The first-order valence-corrected chi connectivity index (χ1v) is 12.3. The Morgan fingerprint density at radius 3 is 2.21 bits per heavy atom. The molecule has 0 aliphatic heterocycles. The Kier molecular flexibility index (Phi) is 6.89. The van der Waals surface area contributed by atoms with Crippen molar-refractivity contribution in [2.45, 2.75) is 38.3 Å². The zero-order chi connectivity index (χ0) is 24.3. The molecule has 5 nitrogen and oxygen atoms in total. The molecule has 3 aromatic carbocycles. The second-order valence-electron chi connectivity index (χ2n) is 9.33. The van der Waals surface area contributed by atoms with Crippen molar-refractivity contribution in [2.24, 2.45) is 0 Å². The standard InChI is InChI=1S/C28H30N4OS/c1-20-11-9-10-14-24(20)32-26(21-15-17-22(18-16-21)28(2,3)4)29-30-27(32)34-19-25(33)31(5)23-12-7-6-8-13-23/h6-18H,19H2,1-5H3. The number of hydrogen-bond acceptors (Lipinski definition) is 4. The molecule has 4 aromatic rings. The normalized spacial score (nSPS) is 11.4. The van der Waals surface area contributed by atoms with Crippen molar-refractivity contribution in [1.82, 2.24) is 14.8 Å². The Morgan fingerprint density at radius 2 is 1.56 bits per heavy atom. The molecule has 0 aliphatic rings. The van der Waals surface area contributed by atoms with Gasteiger partial charge in [-0.3, -0.25) is 9.36 Å². The van der Waals surface area contributed by atoms with Gasteiger partial charge >= 0.3 is 0 Å². The highest BCUT2D eigenvalue weighted by atomic mass is 32.2. The minimum atomic E-state index is 0.00612. The third-order valence-electron chi connectivity index (χ3n) is 5.84. The molecule has 0 fully saturated rings. The second kappa shape index (κ2) is 9.85. The molecule has 0 aliphatic carbocycles. The van der Waals surface area contributed by atoms with E-state index < -0.39 is 0 Å². The summed E-state index contributed by atoms with van der Waals surface area (Å²) in [6, 6.07) is 26.3. The first kappa shape index (κ1) is 23.8. The van der Waals surface area contributed by atoms with Crippen LogP contribution >= 0.6 is 11.8 Å². The fraction of sp³-hybridized carbons (Fsp3) is 0.250. The van der Waals surface area contributed by atoms with Crippen LogP contribution in [0.4, 0.5) is 5.69 Å². The lowest BCUT2D eigenvalue weighted by atomic mass is 9.87. The predicted octanol–water partition coefficient (Wildman–Crippen LogP) is 6.30. The fourth-order valence-corrected chi connectivity index (χ4v) is 4.58. The molecule has 1 amide bonds.